The molecule has 1 aliphatic heterocycles. The van der Waals surface area contributed by atoms with Gasteiger partial charge in [0, 0.05) is 11.5 Å². The maximum absolute atomic E-state index is 6.05. The molecule has 3 rings (SSSR count). The van der Waals surface area contributed by atoms with Crippen LogP contribution in [0.4, 0.5) is 0 Å². The van der Waals surface area contributed by atoms with Crippen LogP contribution in [0.1, 0.15) is 56.0 Å². The Bertz CT molecular complexity index is 667. The van der Waals surface area contributed by atoms with Crippen LogP contribution in [0.15, 0.2) is 16.7 Å². The summed E-state index contributed by atoms with van der Waals surface area (Å²) in [6.07, 6.45) is 3.32. The minimum atomic E-state index is 0.213. The van der Waals surface area contributed by atoms with Gasteiger partial charge in [0.2, 0.25) is 11.7 Å². The number of nitrogens with zero attached hydrogens (tertiary/aromatic N) is 2. The molecule has 5 nitrogen and oxygen atoms in total. The molecule has 0 saturated carbocycles. The number of benzene rings is 1. The summed E-state index contributed by atoms with van der Waals surface area (Å²) in [6.45, 7) is 10.4. The fourth-order valence-electron chi connectivity index (χ4n) is 3.14. The van der Waals surface area contributed by atoms with E-state index in [1.54, 1.807) is 0 Å². The minimum absolute atomic E-state index is 0.213. The van der Waals surface area contributed by atoms with Crippen molar-refractivity contribution in [1.82, 2.24) is 15.5 Å². The number of rotatable bonds is 5. The number of nitrogens with one attached hydrogen (secondary N) is 1. The second kappa shape index (κ2) is 7.34. The Morgan fingerprint density at radius 1 is 1.25 bits per heavy atom. The summed E-state index contributed by atoms with van der Waals surface area (Å²) < 4.78 is 11.6. The van der Waals surface area contributed by atoms with Crippen LogP contribution in [0.25, 0.3) is 11.4 Å². The summed E-state index contributed by atoms with van der Waals surface area (Å²) in [5, 5.41) is 7.56. The maximum Gasteiger partial charge on any atom is 0.230 e. The van der Waals surface area contributed by atoms with Crippen LogP contribution < -0.4 is 10.1 Å². The van der Waals surface area contributed by atoms with E-state index in [2.05, 4.69) is 55.3 Å². The Hall–Kier alpha value is -1.88. The summed E-state index contributed by atoms with van der Waals surface area (Å²) in [4.78, 5) is 4.65. The van der Waals surface area contributed by atoms with Gasteiger partial charge in [0.1, 0.15) is 5.75 Å². The van der Waals surface area contributed by atoms with Gasteiger partial charge in [-0.25, -0.2) is 0 Å². The summed E-state index contributed by atoms with van der Waals surface area (Å²) in [7, 11) is 0. The quantitative estimate of drug-likeness (QED) is 0.898. The predicted octanol–water partition coefficient (Wildman–Crippen LogP) is 4.00. The number of aryl methyl sites for hydroxylation is 2. The number of ether oxygens (including phenoxy) is 1. The molecule has 1 saturated heterocycles. The van der Waals surface area contributed by atoms with Crippen LogP contribution in [-0.4, -0.2) is 29.3 Å². The Morgan fingerprint density at radius 3 is 2.54 bits per heavy atom. The zero-order chi connectivity index (χ0) is 17.1. The third-order valence-electron chi connectivity index (χ3n) is 4.74. The molecule has 130 valence electrons. The predicted molar refractivity (Wildman–Crippen MR) is 94.4 cm³/mol. The van der Waals surface area contributed by atoms with Crippen molar-refractivity contribution in [3.05, 3.63) is 29.2 Å². The Kier molecular flexibility index (Phi) is 5.19. The number of piperidine rings is 1. The van der Waals surface area contributed by atoms with Gasteiger partial charge in [-0.15, -0.1) is 0 Å². The molecule has 2 heterocycles. The van der Waals surface area contributed by atoms with Crippen LogP contribution in [0.2, 0.25) is 0 Å². The first kappa shape index (κ1) is 17.0. The van der Waals surface area contributed by atoms with Gasteiger partial charge in [-0.1, -0.05) is 12.1 Å². The van der Waals surface area contributed by atoms with Gasteiger partial charge in [0.15, 0.2) is 0 Å². The first-order chi connectivity index (χ1) is 11.6. The lowest BCUT2D eigenvalue weighted by atomic mass is 9.98. The SMILES string of the molecule is CC[C@@H](C)Oc1c(C)cc(-c2noc(C3CCNCC3)n2)cc1C. The topological polar surface area (TPSA) is 60.2 Å². The maximum atomic E-state index is 6.05. The van der Waals surface area contributed by atoms with Crippen molar-refractivity contribution in [3.8, 4) is 17.1 Å². The second-order valence-electron chi connectivity index (χ2n) is 6.76. The lowest BCUT2D eigenvalue weighted by molar-refractivity contribution is 0.214. The molecular formula is C19H27N3O2. The molecule has 24 heavy (non-hydrogen) atoms. The third kappa shape index (κ3) is 3.61. The van der Waals surface area contributed by atoms with E-state index in [0.717, 1.165) is 60.7 Å². The highest BCUT2D eigenvalue weighted by molar-refractivity contribution is 5.61. The number of hydrogen-bond donors (Lipinski definition) is 1. The lowest BCUT2D eigenvalue weighted by Crippen LogP contribution is -2.26. The fraction of sp³-hybridized carbons (Fsp3) is 0.579. The first-order valence-electron chi connectivity index (χ1n) is 8.91. The Morgan fingerprint density at radius 2 is 1.92 bits per heavy atom. The molecule has 0 unspecified atom stereocenters. The van der Waals surface area contributed by atoms with Gasteiger partial charge in [-0.3, -0.25) is 0 Å². The summed E-state index contributed by atoms with van der Waals surface area (Å²) >= 11 is 0. The molecule has 1 aromatic carbocycles. The molecule has 1 aromatic heterocycles. The van der Waals surface area contributed by atoms with E-state index in [4.69, 9.17) is 9.26 Å². The summed E-state index contributed by atoms with van der Waals surface area (Å²) in [5.41, 5.74) is 3.21. The second-order valence-corrected chi connectivity index (χ2v) is 6.76. The average molecular weight is 329 g/mol. The Balaban J connectivity index is 1.83. The first-order valence-corrected chi connectivity index (χ1v) is 8.91. The van der Waals surface area contributed by atoms with Crippen LogP contribution in [0.3, 0.4) is 0 Å². The van der Waals surface area contributed by atoms with Gasteiger partial charge < -0.3 is 14.6 Å². The fourth-order valence-corrected chi connectivity index (χ4v) is 3.14. The molecule has 2 aromatic rings. The van der Waals surface area contributed by atoms with Crippen molar-refractivity contribution < 1.29 is 9.26 Å². The molecule has 1 atom stereocenters. The lowest BCUT2D eigenvalue weighted by Gasteiger charge is -2.18. The Labute approximate surface area is 143 Å². The molecule has 0 spiro atoms. The van der Waals surface area contributed by atoms with Crippen LogP contribution >= 0.6 is 0 Å². The van der Waals surface area contributed by atoms with Crippen molar-refractivity contribution in [3.63, 3.8) is 0 Å². The van der Waals surface area contributed by atoms with Crippen molar-refractivity contribution >= 4 is 0 Å². The van der Waals surface area contributed by atoms with Crippen LogP contribution in [0.5, 0.6) is 5.75 Å². The number of aromatic nitrogens is 2. The molecule has 1 fully saturated rings. The highest BCUT2D eigenvalue weighted by Crippen LogP contribution is 2.31. The van der Waals surface area contributed by atoms with Crippen molar-refractivity contribution in [2.45, 2.75) is 59.0 Å². The highest BCUT2D eigenvalue weighted by atomic mass is 16.5. The average Bonchev–Trinajstić information content (AvgIpc) is 3.08. The standard InChI is InChI=1S/C19H27N3O2/c1-5-14(4)23-17-12(2)10-16(11-13(17)3)18-21-19(24-22-18)15-6-8-20-9-7-15/h10-11,14-15,20H,5-9H2,1-4H3/t14-/m1/s1. The smallest absolute Gasteiger partial charge is 0.230 e. The van der Waals surface area contributed by atoms with Crippen molar-refractivity contribution in [2.75, 3.05) is 13.1 Å². The van der Waals surface area contributed by atoms with Crippen LogP contribution in [0, 0.1) is 13.8 Å². The normalized spacial score (nSPS) is 17.0. The summed E-state index contributed by atoms with van der Waals surface area (Å²) in [5.74, 6) is 2.78. The molecule has 0 bridgehead atoms. The van der Waals surface area contributed by atoms with Crippen LogP contribution in [-0.2, 0) is 0 Å². The van der Waals surface area contributed by atoms with E-state index in [0.29, 0.717) is 11.7 Å². The monoisotopic (exact) mass is 329 g/mol. The molecular weight excluding hydrogens is 302 g/mol. The van der Waals surface area contributed by atoms with Gasteiger partial charge in [-0.05, 0) is 76.4 Å². The zero-order valence-electron chi connectivity index (χ0n) is 15.1. The number of hydrogen-bond acceptors (Lipinski definition) is 5. The summed E-state index contributed by atoms with van der Waals surface area (Å²) in [6, 6.07) is 4.17. The van der Waals surface area contributed by atoms with Gasteiger partial charge in [0.05, 0.1) is 6.10 Å². The van der Waals surface area contributed by atoms with E-state index in [1.165, 1.54) is 0 Å². The molecule has 1 N–H and O–H groups in total. The van der Waals surface area contributed by atoms with Gasteiger partial charge in [0.25, 0.3) is 0 Å². The van der Waals surface area contributed by atoms with E-state index in [-0.39, 0.29) is 6.10 Å². The molecule has 5 heteroatoms. The van der Waals surface area contributed by atoms with Gasteiger partial charge >= 0.3 is 0 Å². The molecule has 0 amide bonds. The van der Waals surface area contributed by atoms with E-state index in [1.807, 2.05) is 0 Å². The zero-order valence-corrected chi connectivity index (χ0v) is 15.1. The molecule has 1 aliphatic rings. The van der Waals surface area contributed by atoms with Crippen molar-refractivity contribution in [2.24, 2.45) is 0 Å². The van der Waals surface area contributed by atoms with Gasteiger partial charge in [-0.2, -0.15) is 4.98 Å². The van der Waals surface area contributed by atoms with E-state index >= 15 is 0 Å². The molecule has 0 radical (unpaired) electrons. The van der Waals surface area contributed by atoms with E-state index < -0.39 is 0 Å². The largest absolute Gasteiger partial charge is 0.490 e. The highest BCUT2D eigenvalue weighted by Gasteiger charge is 2.22. The minimum Gasteiger partial charge on any atom is -0.490 e. The van der Waals surface area contributed by atoms with E-state index in [9.17, 15) is 0 Å². The van der Waals surface area contributed by atoms with Crippen molar-refractivity contribution in [1.29, 1.82) is 0 Å². The third-order valence-corrected chi connectivity index (χ3v) is 4.74. The molecule has 0 aliphatic carbocycles.